The fourth-order valence-electron chi connectivity index (χ4n) is 2.85. The number of carbonyl (C=O) groups is 1. The van der Waals surface area contributed by atoms with Crippen LogP contribution in [0.2, 0.25) is 0 Å². The van der Waals surface area contributed by atoms with Crippen molar-refractivity contribution < 1.29 is 9.21 Å². The molecule has 2 aromatic heterocycles. The van der Waals surface area contributed by atoms with Gasteiger partial charge in [-0.25, -0.2) is 4.79 Å². The first-order valence-corrected chi connectivity index (χ1v) is 8.82. The van der Waals surface area contributed by atoms with Crippen LogP contribution in [0.25, 0.3) is 0 Å². The van der Waals surface area contributed by atoms with E-state index in [4.69, 9.17) is 4.42 Å². The maximum atomic E-state index is 12.2. The van der Waals surface area contributed by atoms with Gasteiger partial charge in [0.15, 0.2) is 0 Å². The Labute approximate surface area is 140 Å². The van der Waals surface area contributed by atoms with Crippen molar-refractivity contribution in [1.29, 1.82) is 0 Å². The lowest BCUT2D eigenvalue weighted by Gasteiger charge is -2.32. The fraction of sp³-hybridized carbons (Fsp3) is 0.471. The Morgan fingerprint density at radius 1 is 1.52 bits per heavy atom. The molecule has 0 saturated heterocycles. The molecule has 6 heteroatoms. The number of hydrogen-bond donors (Lipinski definition) is 1. The van der Waals surface area contributed by atoms with Crippen molar-refractivity contribution in [3.63, 3.8) is 0 Å². The first-order valence-electron chi connectivity index (χ1n) is 7.94. The standard InChI is InChI=1S/C17H23N3O2S/c1-13(20-7-5-16-14(11-20)6-9-23-16)10-18-17(21)19(2)12-15-4-3-8-22-15/h3-4,6,8-9,13H,5,7,10-12H2,1-2H3,(H,18,21)/t13-/m1/s1. The number of hydrogen-bond acceptors (Lipinski definition) is 4. The zero-order chi connectivity index (χ0) is 16.2. The lowest BCUT2D eigenvalue weighted by Crippen LogP contribution is -2.46. The molecule has 5 nitrogen and oxygen atoms in total. The summed E-state index contributed by atoms with van der Waals surface area (Å²) in [6, 6.07) is 6.18. The van der Waals surface area contributed by atoms with Crippen LogP contribution in [-0.4, -0.2) is 42.0 Å². The van der Waals surface area contributed by atoms with Crippen LogP contribution in [0.15, 0.2) is 34.3 Å². The van der Waals surface area contributed by atoms with Gasteiger partial charge in [-0.05, 0) is 42.5 Å². The van der Waals surface area contributed by atoms with Crippen molar-refractivity contribution in [2.45, 2.75) is 32.5 Å². The van der Waals surface area contributed by atoms with Crippen LogP contribution in [0.3, 0.4) is 0 Å². The van der Waals surface area contributed by atoms with Gasteiger partial charge in [0.1, 0.15) is 5.76 Å². The summed E-state index contributed by atoms with van der Waals surface area (Å²) in [7, 11) is 1.78. The minimum absolute atomic E-state index is 0.0681. The molecule has 0 aliphatic carbocycles. The molecule has 124 valence electrons. The van der Waals surface area contributed by atoms with Crippen LogP contribution in [0.5, 0.6) is 0 Å². The Hall–Kier alpha value is -1.79. The quantitative estimate of drug-likeness (QED) is 0.915. The molecule has 0 radical (unpaired) electrons. The van der Waals surface area contributed by atoms with E-state index in [2.05, 4.69) is 28.6 Å². The summed E-state index contributed by atoms with van der Waals surface area (Å²) >= 11 is 1.85. The molecule has 3 rings (SSSR count). The lowest BCUT2D eigenvalue weighted by molar-refractivity contribution is 0.175. The maximum absolute atomic E-state index is 12.2. The number of nitrogens with zero attached hydrogens (tertiary/aromatic N) is 2. The molecule has 0 aromatic carbocycles. The topological polar surface area (TPSA) is 48.7 Å². The van der Waals surface area contributed by atoms with E-state index in [9.17, 15) is 4.79 Å². The molecule has 0 spiro atoms. The van der Waals surface area contributed by atoms with Crippen LogP contribution in [0, 0.1) is 0 Å². The second kappa shape index (κ2) is 7.19. The third-order valence-corrected chi connectivity index (χ3v) is 5.35. The molecule has 0 bridgehead atoms. The molecule has 3 heterocycles. The van der Waals surface area contributed by atoms with Gasteiger partial charge in [0.05, 0.1) is 12.8 Å². The third-order valence-electron chi connectivity index (χ3n) is 4.33. The molecule has 0 saturated carbocycles. The van der Waals surface area contributed by atoms with E-state index in [1.54, 1.807) is 18.2 Å². The monoisotopic (exact) mass is 333 g/mol. The summed E-state index contributed by atoms with van der Waals surface area (Å²) in [5, 5.41) is 5.19. The number of urea groups is 1. The zero-order valence-corrected chi connectivity index (χ0v) is 14.4. The molecule has 1 aliphatic heterocycles. The van der Waals surface area contributed by atoms with Crippen molar-refractivity contribution in [3.05, 3.63) is 46.0 Å². The van der Waals surface area contributed by atoms with E-state index in [1.807, 2.05) is 23.5 Å². The number of rotatable bonds is 5. The highest BCUT2D eigenvalue weighted by atomic mass is 32.1. The van der Waals surface area contributed by atoms with E-state index >= 15 is 0 Å². The van der Waals surface area contributed by atoms with Crippen molar-refractivity contribution in [2.75, 3.05) is 20.1 Å². The zero-order valence-electron chi connectivity index (χ0n) is 13.6. The average molecular weight is 333 g/mol. The molecule has 2 aromatic rings. The van der Waals surface area contributed by atoms with Crippen molar-refractivity contribution in [1.82, 2.24) is 15.1 Å². The average Bonchev–Trinajstić information content (AvgIpc) is 3.22. The van der Waals surface area contributed by atoms with Crippen LogP contribution in [-0.2, 0) is 19.5 Å². The molecule has 1 atom stereocenters. The van der Waals surface area contributed by atoms with Crippen LogP contribution < -0.4 is 5.32 Å². The van der Waals surface area contributed by atoms with E-state index in [1.165, 1.54) is 10.4 Å². The maximum Gasteiger partial charge on any atom is 0.317 e. The predicted molar refractivity (Wildman–Crippen MR) is 91.5 cm³/mol. The Balaban J connectivity index is 1.45. The minimum atomic E-state index is -0.0681. The summed E-state index contributed by atoms with van der Waals surface area (Å²) in [5.74, 6) is 0.789. The molecular formula is C17H23N3O2S. The minimum Gasteiger partial charge on any atom is -0.467 e. The van der Waals surface area contributed by atoms with Gasteiger partial charge in [0.25, 0.3) is 0 Å². The van der Waals surface area contributed by atoms with E-state index in [-0.39, 0.29) is 6.03 Å². The highest BCUT2D eigenvalue weighted by Crippen LogP contribution is 2.24. The number of furan rings is 1. The van der Waals surface area contributed by atoms with Gasteiger partial charge in [-0.15, -0.1) is 11.3 Å². The van der Waals surface area contributed by atoms with E-state index in [0.717, 1.165) is 25.3 Å². The number of nitrogens with one attached hydrogen (secondary N) is 1. The first-order chi connectivity index (χ1) is 11.1. The summed E-state index contributed by atoms with van der Waals surface area (Å²) in [5.41, 5.74) is 1.44. The van der Waals surface area contributed by atoms with Gasteiger partial charge in [0, 0.05) is 37.6 Å². The molecule has 23 heavy (non-hydrogen) atoms. The molecule has 0 unspecified atom stereocenters. The number of fused-ring (bicyclic) bond motifs is 1. The highest BCUT2D eigenvalue weighted by molar-refractivity contribution is 7.10. The van der Waals surface area contributed by atoms with Gasteiger partial charge in [-0.2, -0.15) is 0 Å². The number of thiophene rings is 1. The van der Waals surface area contributed by atoms with E-state index in [0.29, 0.717) is 19.1 Å². The van der Waals surface area contributed by atoms with Crippen molar-refractivity contribution in [3.8, 4) is 0 Å². The van der Waals surface area contributed by atoms with Crippen LogP contribution >= 0.6 is 11.3 Å². The Morgan fingerprint density at radius 3 is 3.17 bits per heavy atom. The van der Waals surface area contributed by atoms with Crippen LogP contribution in [0.1, 0.15) is 23.1 Å². The normalized spacial score (nSPS) is 15.9. The largest absolute Gasteiger partial charge is 0.467 e. The summed E-state index contributed by atoms with van der Waals surface area (Å²) in [6.45, 7) is 5.35. The Bertz CT molecular complexity index is 638. The lowest BCUT2D eigenvalue weighted by atomic mass is 10.1. The molecular weight excluding hydrogens is 310 g/mol. The number of amides is 2. The van der Waals surface area contributed by atoms with Gasteiger partial charge in [0.2, 0.25) is 0 Å². The summed E-state index contributed by atoms with van der Waals surface area (Å²) < 4.78 is 5.27. The first kappa shape index (κ1) is 16.1. The molecule has 0 fully saturated rings. The third kappa shape index (κ3) is 3.95. The Morgan fingerprint density at radius 2 is 2.39 bits per heavy atom. The van der Waals surface area contributed by atoms with Gasteiger partial charge in [-0.3, -0.25) is 4.90 Å². The smallest absolute Gasteiger partial charge is 0.317 e. The molecule has 2 amide bonds. The van der Waals surface area contributed by atoms with Gasteiger partial charge >= 0.3 is 6.03 Å². The van der Waals surface area contributed by atoms with E-state index < -0.39 is 0 Å². The summed E-state index contributed by atoms with van der Waals surface area (Å²) in [4.78, 5) is 17.7. The number of carbonyl (C=O) groups excluding carboxylic acids is 1. The Kier molecular flexibility index (Phi) is 5.03. The van der Waals surface area contributed by atoms with Crippen LogP contribution in [0.4, 0.5) is 4.79 Å². The second-order valence-corrected chi connectivity index (χ2v) is 7.06. The van der Waals surface area contributed by atoms with Gasteiger partial charge in [-0.1, -0.05) is 0 Å². The van der Waals surface area contributed by atoms with Crippen molar-refractivity contribution in [2.24, 2.45) is 0 Å². The molecule has 1 N–H and O–H groups in total. The second-order valence-electron chi connectivity index (χ2n) is 6.06. The van der Waals surface area contributed by atoms with Gasteiger partial charge < -0.3 is 14.6 Å². The SMILES string of the molecule is C[C@H](CNC(=O)N(C)Cc1ccco1)N1CCc2sccc2C1. The fourth-order valence-corrected chi connectivity index (χ4v) is 3.74. The highest BCUT2D eigenvalue weighted by Gasteiger charge is 2.22. The molecule has 1 aliphatic rings. The summed E-state index contributed by atoms with van der Waals surface area (Å²) in [6.07, 6.45) is 2.74. The van der Waals surface area contributed by atoms with Crippen molar-refractivity contribution >= 4 is 17.4 Å². The predicted octanol–water partition coefficient (Wildman–Crippen LogP) is 2.93.